The summed E-state index contributed by atoms with van der Waals surface area (Å²) in [6.45, 7) is 0.502. The van der Waals surface area contributed by atoms with E-state index in [9.17, 15) is 4.39 Å². The first-order valence-electron chi connectivity index (χ1n) is 7.66. The molecule has 4 nitrogen and oxygen atoms in total. The normalized spacial score (nSPS) is 10.9. The highest BCUT2D eigenvalue weighted by Crippen LogP contribution is 2.22. The first kappa shape index (κ1) is 17.3. The molecule has 0 aliphatic rings. The lowest BCUT2D eigenvalue weighted by molar-refractivity contribution is 0.626. The molecule has 0 amide bonds. The van der Waals surface area contributed by atoms with Gasteiger partial charge in [0.2, 0.25) is 0 Å². The predicted molar refractivity (Wildman–Crippen MR) is 104 cm³/mol. The average molecular weight is 444 g/mol. The summed E-state index contributed by atoms with van der Waals surface area (Å²) < 4.78 is 16.1. The van der Waals surface area contributed by atoms with Gasteiger partial charge in [0.15, 0.2) is 0 Å². The van der Waals surface area contributed by atoms with Gasteiger partial charge in [0, 0.05) is 27.1 Å². The van der Waals surface area contributed by atoms with Crippen LogP contribution in [0.5, 0.6) is 0 Å². The molecule has 2 aromatic carbocycles. The van der Waals surface area contributed by atoms with Crippen LogP contribution in [0.2, 0.25) is 0 Å². The van der Waals surface area contributed by atoms with Gasteiger partial charge in [-0.1, -0.05) is 0 Å². The van der Waals surface area contributed by atoms with E-state index < -0.39 is 0 Å². The summed E-state index contributed by atoms with van der Waals surface area (Å²) in [5.41, 5.74) is 3.19. The SMILES string of the molecule is N#CCCn1cc(C=Nc2ccc(I)cc2)c(-c2ccc(F)cc2)n1. The number of nitrogens with zero attached hydrogens (tertiary/aromatic N) is 4. The van der Waals surface area contributed by atoms with Crippen molar-refractivity contribution in [2.45, 2.75) is 13.0 Å². The highest BCUT2D eigenvalue weighted by molar-refractivity contribution is 14.1. The summed E-state index contributed by atoms with van der Waals surface area (Å²) in [5.74, 6) is -0.290. The standard InChI is InChI=1S/C19H14FIN4/c20-16-4-2-14(3-5-16)19-15(13-25(24-19)11-1-10-22)12-23-18-8-6-17(21)7-9-18/h2-9,12-13H,1,11H2. The monoisotopic (exact) mass is 444 g/mol. The quantitative estimate of drug-likeness (QED) is 0.413. The molecule has 0 radical (unpaired) electrons. The molecular weight excluding hydrogens is 430 g/mol. The number of aliphatic imine (C=N–C) groups is 1. The lowest BCUT2D eigenvalue weighted by Gasteiger charge is -1.99. The maximum Gasteiger partial charge on any atom is 0.123 e. The molecule has 6 heteroatoms. The maximum atomic E-state index is 13.2. The molecule has 0 unspecified atom stereocenters. The van der Waals surface area contributed by atoms with Crippen LogP contribution in [0.1, 0.15) is 12.0 Å². The maximum absolute atomic E-state index is 13.2. The third-order valence-electron chi connectivity index (χ3n) is 3.54. The molecule has 0 saturated heterocycles. The van der Waals surface area contributed by atoms with E-state index in [0.29, 0.717) is 18.7 Å². The van der Waals surface area contributed by atoms with Gasteiger partial charge < -0.3 is 0 Å². The van der Waals surface area contributed by atoms with Gasteiger partial charge in [-0.05, 0) is 71.1 Å². The van der Waals surface area contributed by atoms with E-state index in [1.165, 1.54) is 12.1 Å². The van der Waals surface area contributed by atoms with Gasteiger partial charge in [0.1, 0.15) is 11.5 Å². The third kappa shape index (κ3) is 4.51. The van der Waals surface area contributed by atoms with Gasteiger partial charge in [-0.15, -0.1) is 0 Å². The third-order valence-corrected chi connectivity index (χ3v) is 4.26. The van der Waals surface area contributed by atoms with Gasteiger partial charge in [-0.3, -0.25) is 9.67 Å². The van der Waals surface area contributed by atoms with Crippen LogP contribution in [0.4, 0.5) is 10.1 Å². The molecular formula is C19H14FIN4. The zero-order chi connectivity index (χ0) is 17.6. The van der Waals surface area contributed by atoms with E-state index >= 15 is 0 Å². The lowest BCUT2D eigenvalue weighted by atomic mass is 10.1. The highest BCUT2D eigenvalue weighted by Gasteiger charge is 2.10. The summed E-state index contributed by atoms with van der Waals surface area (Å²) in [4.78, 5) is 4.49. The molecule has 0 N–H and O–H groups in total. The van der Waals surface area contributed by atoms with Gasteiger partial charge in [-0.2, -0.15) is 10.4 Å². The molecule has 0 spiro atoms. The van der Waals surface area contributed by atoms with Gasteiger partial charge >= 0.3 is 0 Å². The van der Waals surface area contributed by atoms with E-state index in [2.05, 4.69) is 38.8 Å². The molecule has 1 aromatic heterocycles. The zero-order valence-electron chi connectivity index (χ0n) is 13.2. The first-order valence-corrected chi connectivity index (χ1v) is 8.73. The number of nitriles is 1. The fourth-order valence-electron chi connectivity index (χ4n) is 2.31. The summed E-state index contributed by atoms with van der Waals surface area (Å²) in [6, 6.07) is 16.2. The Bertz CT molecular complexity index is 922. The Labute approximate surface area is 158 Å². The number of hydrogen-bond donors (Lipinski definition) is 0. The topological polar surface area (TPSA) is 54.0 Å². The van der Waals surface area contributed by atoms with Crippen molar-refractivity contribution in [3.63, 3.8) is 0 Å². The summed E-state index contributed by atoms with van der Waals surface area (Å²) in [5, 5.41) is 13.3. The second-order valence-electron chi connectivity index (χ2n) is 5.35. The van der Waals surface area contributed by atoms with E-state index in [4.69, 9.17) is 5.26 Å². The van der Waals surface area contributed by atoms with Crippen molar-refractivity contribution in [3.8, 4) is 17.3 Å². The molecule has 0 saturated carbocycles. The summed E-state index contributed by atoms with van der Waals surface area (Å²) >= 11 is 2.25. The van der Waals surface area contributed by atoms with Crippen LogP contribution in [0, 0.1) is 20.7 Å². The molecule has 3 rings (SSSR count). The molecule has 0 aliphatic heterocycles. The molecule has 0 aliphatic carbocycles. The van der Waals surface area contributed by atoms with Crippen LogP contribution in [-0.2, 0) is 6.54 Å². The minimum atomic E-state index is -0.290. The lowest BCUT2D eigenvalue weighted by Crippen LogP contribution is -1.97. The van der Waals surface area contributed by atoms with Crippen LogP contribution in [-0.4, -0.2) is 16.0 Å². The van der Waals surface area contributed by atoms with Crippen molar-refractivity contribution < 1.29 is 4.39 Å². The molecule has 0 atom stereocenters. The molecule has 124 valence electrons. The largest absolute Gasteiger partial charge is 0.270 e. The van der Waals surface area contributed by atoms with Crippen molar-refractivity contribution in [1.82, 2.24) is 9.78 Å². The number of hydrogen-bond acceptors (Lipinski definition) is 3. The number of halogens is 2. The van der Waals surface area contributed by atoms with Crippen molar-refractivity contribution in [2.24, 2.45) is 4.99 Å². The van der Waals surface area contributed by atoms with E-state index in [0.717, 1.165) is 20.4 Å². The molecule has 0 bridgehead atoms. The van der Waals surface area contributed by atoms with Crippen molar-refractivity contribution in [1.29, 1.82) is 5.26 Å². The minimum Gasteiger partial charge on any atom is -0.270 e. The molecule has 1 heterocycles. The second-order valence-corrected chi connectivity index (χ2v) is 6.59. The Balaban J connectivity index is 1.95. The highest BCUT2D eigenvalue weighted by atomic mass is 127. The smallest absolute Gasteiger partial charge is 0.123 e. The Kier molecular flexibility index (Phi) is 5.56. The Hall–Kier alpha value is -2.53. The fraction of sp³-hybridized carbons (Fsp3) is 0.105. The van der Waals surface area contributed by atoms with Crippen molar-refractivity contribution >= 4 is 34.5 Å². The fourth-order valence-corrected chi connectivity index (χ4v) is 2.67. The number of benzene rings is 2. The Morgan fingerprint density at radius 3 is 2.56 bits per heavy atom. The summed E-state index contributed by atoms with van der Waals surface area (Å²) in [6.07, 6.45) is 3.97. The molecule has 0 fully saturated rings. The van der Waals surface area contributed by atoms with Gasteiger partial charge in [0.05, 0.1) is 24.7 Å². The van der Waals surface area contributed by atoms with Crippen molar-refractivity contribution in [2.75, 3.05) is 0 Å². The Morgan fingerprint density at radius 2 is 1.88 bits per heavy atom. The molecule has 3 aromatic rings. The van der Waals surface area contributed by atoms with Crippen molar-refractivity contribution in [3.05, 3.63) is 69.7 Å². The van der Waals surface area contributed by atoms with Crippen LogP contribution in [0.25, 0.3) is 11.3 Å². The first-order chi connectivity index (χ1) is 12.2. The van der Waals surface area contributed by atoms with Gasteiger partial charge in [0.25, 0.3) is 0 Å². The Morgan fingerprint density at radius 1 is 1.16 bits per heavy atom. The second kappa shape index (κ2) is 8.03. The van der Waals surface area contributed by atoms with Crippen LogP contribution in [0.15, 0.2) is 59.7 Å². The van der Waals surface area contributed by atoms with E-state index in [-0.39, 0.29) is 5.82 Å². The minimum absolute atomic E-state index is 0.290. The number of rotatable bonds is 5. The van der Waals surface area contributed by atoms with E-state index in [1.807, 2.05) is 30.5 Å². The average Bonchev–Trinajstić information content (AvgIpc) is 3.03. The van der Waals surface area contributed by atoms with Crippen LogP contribution < -0.4 is 0 Å². The number of aromatic nitrogens is 2. The van der Waals surface area contributed by atoms with Crippen LogP contribution in [0.3, 0.4) is 0 Å². The van der Waals surface area contributed by atoms with Gasteiger partial charge in [-0.25, -0.2) is 4.39 Å². The summed E-state index contributed by atoms with van der Waals surface area (Å²) in [7, 11) is 0. The van der Waals surface area contributed by atoms with E-state index in [1.54, 1.807) is 23.0 Å². The predicted octanol–water partition coefficient (Wildman–Crippen LogP) is 4.96. The zero-order valence-corrected chi connectivity index (χ0v) is 15.4. The number of aryl methyl sites for hydroxylation is 1. The molecule has 25 heavy (non-hydrogen) atoms. The van der Waals surface area contributed by atoms with Crippen LogP contribution >= 0.6 is 22.6 Å².